The largest absolute Gasteiger partial charge is 0.460 e. The highest BCUT2D eigenvalue weighted by Crippen LogP contribution is 2.61. The molecule has 6 fully saturated rings. The molecule has 0 aromatic heterocycles. The van der Waals surface area contributed by atoms with Crippen LogP contribution in [-0.2, 0) is 9.53 Å². The average Bonchev–Trinajstić information content (AvgIpc) is 3.72. The van der Waals surface area contributed by atoms with E-state index in [4.69, 9.17) is 4.74 Å². The van der Waals surface area contributed by atoms with Crippen molar-refractivity contribution in [3.8, 4) is 0 Å². The molecule has 6 rings (SSSR count). The molecule has 6 aliphatic carbocycles. The highest BCUT2D eigenvalue weighted by molar-refractivity contribution is 5.69. The topological polar surface area (TPSA) is 87.0 Å². The zero-order valence-corrected chi connectivity index (χ0v) is 42.3. The van der Waals surface area contributed by atoms with Crippen LogP contribution in [0.15, 0.2) is 70.9 Å². The van der Waals surface area contributed by atoms with Crippen molar-refractivity contribution >= 4 is 5.97 Å². The van der Waals surface area contributed by atoms with Crippen LogP contribution in [0.1, 0.15) is 205 Å². The second kappa shape index (κ2) is 21.6. The van der Waals surface area contributed by atoms with E-state index in [0.29, 0.717) is 53.8 Å². The molecule has 356 valence electrons. The molecule has 6 saturated carbocycles. The van der Waals surface area contributed by atoms with E-state index in [-0.39, 0.29) is 11.6 Å². The molecule has 0 aliphatic heterocycles. The van der Waals surface area contributed by atoms with Crippen molar-refractivity contribution in [2.75, 3.05) is 0 Å². The number of esters is 1. The molecule has 0 heterocycles. The fourth-order valence-electron chi connectivity index (χ4n) is 14.1. The minimum atomic E-state index is -0.615. The standard InChI is InChI=1S/C31H50O2.C27H44O3/c1-21-19-23(3)24(4)26(20-21)15-14-25-12-10-18-31(8)27(16-17-28(25)31)22(2)11-9-13-29(32)33-30(5,6)7;1-18(8-6-14-26(3,4)30)23-12-13-24-20(9-7-15-27(23,24)5)10-11-21-16-22(28)17-25(29)19(21)2/h14-15,21-23,27-28H,4,9-13,16-20H2,1-3,5-8H3;10-11,18,22-25,28-30H,2,6-9,12-17H2,1,3-5H3/b25-14+,26-15-;20-10+,21-11-/t21-,22+,23-,27+,28-,31+;18-,22-,23-,24+,25+,27-/m01/s1. The number of ether oxygens (including phenoxy) is 1. The van der Waals surface area contributed by atoms with Gasteiger partial charge in [0.15, 0.2) is 0 Å². The van der Waals surface area contributed by atoms with Gasteiger partial charge in [-0.1, -0.05) is 103 Å². The van der Waals surface area contributed by atoms with Gasteiger partial charge in [0.2, 0.25) is 0 Å². The summed E-state index contributed by atoms with van der Waals surface area (Å²) < 4.78 is 5.50. The summed E-state index contributed by atoms with van der Waals surface area (Å²) in [4.78, 5) is 12.1. The molecule has 0 aromatic rings. The Labute approximate surface area is 386 Å². The lowest BCUT2D eigenvalue weighted by Crippen LogP contribution is -2.36. The molecule has 0 spiro atoms. The molecule has 5 heteroatoms. The van der Waals surface area contributed by atoms with Crippen LogP contribution < -0.4 is 0 Å². The fourth-order valence-corrected chi connectivity index (χ4v) is 14.1. The molecular formula is C58H94O5. The Kier molecular flexibility index (Phi) is 17.8. The minimum Gasteiger partial charge on any atom is -0.460 e. The summed E-state index contributed by atoms with van der Waals surface area (Å²) >= 11 is 0. The van der Waals surface area contributed by atoms with Gasteiger partial charge in [0.25, 0.3) is 0 Å². The van der Waals surface area contributed by atoms with Gasteiger partial charge in [0, 0.05) is 12.8 Å². The van der Waals surface area contributed by atoms with Crippen LogP contribution in [-0.4, -0.2) is 44.7 Å². The first-order valence-corrected chi connectivity index (χ1v) is 25.9. The Balaban J connectivity index is 0.000000239. The normalized spacial score (nSPS) is 37.4. The summed E-state index contributed by atoms with van der Waals surface area (Å²) in [6.07, 6.45) is 30.5. The maximum absolute atomic E-state index is 12.1. The SMILES string of the molecule is C=C1/C(=C\C=C2/CCC[C@]3(C)[C@@H]([C@H](C)CCCC(=O)OC(C)(C)C)CC[C@@H]23)C[C@@H](C)C[C@@H]1C.C=C1/C(=C\C=C2/CCC[C@]3(C)[C@@H]([C@H](C)CCCC(C)(C)O)CC[C@@H]23)C[C@@H](O)C[C@@H]1O. The van der Waals surface area contributed by atoms with Gasteiger partial charge in [-0.05, 0) is 218 Å². The van der Waals surface area contributed by atoms with E-state index < -0.39 is 17.8 Å². The van der Waals surface area contributed by atoms with E-state index in [1.54, 1.807) is 11.1 Å². The van der Waals surface area contributed by atoms with Crippen molar-refractivity contribution in [1.29, 1.82) is 0 Å². The first-order chi connectivity index (χ1) is 29.4. The second-order valence-corrected chi connectivity index (χ2v) is 24.3. The Morgan fingerprint density at radius 2 is 1.27 bits per heavy atom. The Morgan fingerprint density at radius 3 is 1.78 bits per heavy atom. The number of fused-ring (bicyclic) bond motifs is 2. The molecule has 0 unspecified atom stereocenters. The van der Waals surface area contributed by atoms with Gasteiger partial charge in [-0.3, -0.25) is 4.79 Å². The van der Waals surface area contributed by atoms with Gasteiger partial charge in [0.05, 0.1) is 17.8 Å². The Morgan fingerprint density at radius 1 is 0.762 bits per heavy atom. The number of carbonyl (C=O) groups excluding carboxylic acids is 1. The molecule has 0 amide bonds. The maximum Gasteiger partial charge on any atom is 0.306 e. The predicted molar refractivity (Wildman–Crippen MR) is 264 cm³/mol. The highest BCUT2D eigenvalue weighted by atomic mass is 16.6. The lowest BCUT2D eigenvalue weighted by molar-refractivity contribution is -0.155. The number of hydrogen-bond donors (Lipinski definition) is 3. The van der Waals surface area contributed by atoms with E-state index in [9.17, 15) is 20.1 Å². The van der Waals surface area contributed by atoms with Gasteiger partial charge >= 0.3 is 5.97 Å². The van der Waals surface area contributed by atoms with Crippen molar-refractivity contribution in [2.45, 2.75) is 228 Å². The van der Waals surface area contributed by atoms with Gasteiger partial charge in [-0.2, -0.15) is 0 Å². The zero-order valence-electron chi connectivity index (χ0n) is 42.3. The molecule has 0 radical (unpaired) electrons. The highest BCUT2D eigenvalue weighted by Gasteiger charge is 2.51. The fraction of sp³-hybridized carbons (Fsp3) is 0.776. The molecule has 0 saturated heterocycles. The second-order valence-electron chi connectivity index (χ2n) is 24.3. The molecule has 12 atom stereocenters. The maximum atomic E-state index is 12.1. The first kappa shape index (κ1) is 51.8. The third kappa shape index (κ3) is 13.5. The zero-order chi connectivity index (χ0) is 46.5. The van der Waals surface area contributed by atoms with Crippen molar-refractivity contribution in [1.82, 2.24) is 0 Å². The summed E-state index contributed by atoms with van der Waals surface area (Å²) in [5.41, 5.74) is 7.75. The van der Waals surface area contributed by atoms with Crippen LogP contribution in [0.5, 0.6) is 0 Å². The summed E-state index contributed by atoms with van der Waals surface area (Å²) in [5.74, 6) is 5.61. The third-order valence-corrected chi connectivity index (χ3v) is 17.5. The van der Waals surface area contributed by atoms with Gasteiger partial charge < -0.3 is 20.1 Å². The third-order valence-electron chi connectivity index (χ3n) is 17.5. The molecule has 6 aliphatic rings. The van der Waals surface area contributed by atoms with Gasteiger partial charge in [-0.15, -0.1) is 0 Å². The number of aliphatic hydroxyl groups is 3. The van der Waals surface area contributed by atoms with Crippen LogP contribution in [0, 0.1) is 58.2 Å². The van der Waals surface area contributed by atoms with Crippen molar-refractivity contribution in [2.24, 2.45) is 58.2 Å². The summed E-state index contributed by atoms with van der Waals surface area (Å²) in [7, 11) is 0. The van der Waals surface area contributed by atoms with Crippen LogP contribution in [0.4, 0.5) is 0 Å². The Bertz CT molecular complexity index is 1710. The quantitative estimate of drug-likeness (QED) is 0.170. The van der Waals surface area contributed by atoms with Gasteiger partial charge in [-0.25, -0.2) is 0 Å². The van der Waals surface area contributed by atoms with E-state index >= 15 is 0 Å². The number of carbonyl (C=O) groups is 1. The smallest absolute Gasteiger partial charge is 0.306 e. The molecule has 5 nitrogen and oxygen atoms in total. The summed E-state index contributed by atoms with van der Waals surface area (Å²) in [5, 5.41) is 30.2. The van der Waals surface area contributed by atoms with E-state index in [1.807, 2.05) is 34.6 Å². The molecule has 3 N–H and O–H groups in total. The summed E-state index contributed by atoms with van der Waals surface area (Å²) in [6, 6.07) is 0. The predicted octanol–water partition coefficient (Wildman–Crippen LogP) is 14.5. The van der Waals surface area contributed by atoms with Crippen molar-refractivity contribution in [3.05, 3.63) is 70.9 Å². The Hall–Kier alpha value is -2.21. The van der Waals surface area contributed by atoms with Crippen LogP contribution in [0.25, 0.3) is 0 Å². The number of allylic oxidation sites excluding steroid dienone is 8. The van der Waals surface area contributed by atoms with Crippen LogP contribution in [0.2, 0.25) is 0 Å². The van der Waals surface area contributed by atoms with Crippen molar-refractivity contribution in [3.63, 3.8) is 0 Å². The lowest BCUT2D eigenvalue weighted by atomic mass is 9.60. The molecule has 63 heavy (non-hydrogen) atoms. The summed E-state index contributed by atoms with van der Waals surface area (Å²) in [6.45, 7) is 32.8. The lowest BCUT2D eigenvalue weighted by Gasteiger charge is -2.44. The first-order valence-electron chi connectivity index (χ1n) is 25.9. The number of rotatable bonds is 12. The molecule has 0 aromatic carbocycles. The van der Waals surface area contributed by atoms with E-state index in [0.717, 1.165) is 60.5 Å². The minimum absolute atomic E-state index is 0.0472. The van der Waals surface area contributed by atoms with Gasteiger partial charge in [0.1, 0.15) is 5.60 Å². The average molecular weight is 871 g/mol. The van der Waals surface area contributed by atoms with Crippen LogP contribution in [0.3, 0.4) is 0 Å². The van der Waals surface area contributed by atoms with E-state index in [1.165, 1.54) is 94.6 Å². The molecule has 0 bridgehead atoms. The number of hydrogen-bond acceptors (Lipinski definition) is 5. The molecular weight excluding hydrogens is 777 g/mol. The monoisotopic (exact) mass is 871 g/mol. The number of aliphatic hydroxyl groups excluding tert-OH is 2. The van der Waals surface area contributed by atoms with Crippen molar-refractivity contribution < 1.29 is 24.9 Å². The van der Waals surface area contributed by atoms with E-state index in [2.05, 4.69) is 79.0 Å². The van der Waals surface area contributed by atoms with Crippen LogP contribution >= 0.6 is 0 Å².